The molecule has 1 atom stereocenters. The maximum Gasteiger partial charge on any atom is 0.256 e. The minimum absolute atomic E-state index is 0.195. The van der Waals surface area contributed by atoms with E-state index >= 15 is 0 Å². The number of aliphatic imine (C=N–C) groups is 1. The van der Waals surface area contributed by atoms with E-state index in [4.69, 9.17) is 0 Å². The van der Waals surface area contributed by atoms with Gasteiger partial charge in [-0.1, -0.05) is 60.7 Å². The van der Waals surface area contributed by atoms with Gasteiger partial charge in [-0.15, -0.1) is 0 Å². The molecule has 3 aliphatic rings. The molecule has 2 amide bonds. The predicted molar refractivity (Wildman–Crippen MR) is 118 cm³/mol. The van der Waals surface area contributed by atoms with E-state index in [1.807, 2.05) is 78.9 Å². The molecule has 5 rings (SSSR count). The number of allylic oxidation sites excluding steroid dienone is 3. The highest BCUT2D eigenvalue weighted by Gasteiger charge is 2.38. The van der Waals surface area contributed by atoms with E-state index in [9.17, 15) is 9.59 Å². The number of rotatable bonds is 4. The van der Waals surface area contributed by atoms with Crippen molar-refractivity contribution in [2.75, 3.05) is 5.32 Å². The lowest BCUT2D eigenvalue weighted by Gasteiger charge is -2.27. The smallest absolute Gasteiger partial charge is 0.256 e. The highest BCUT2D eigenvalue weighted by atomic mass is 16.2. The highest BCUT2D eigenvalue weighted by molar-refractivity contribution is 6.32. The number of nitrogens with one attached hydrogen (secondary N) is 2. The van der Waals surface area contributed by atoms with E-state index in [1.54, 1.807) is 12.3 Å². The molecule has 146 valence electrons. The molecule has 0 radical (unpaired) electrons. The summed E-state index contributed by atoms with van der Waals surface area (Å²) in [4.78, 5) is 30.4. The molecule has 5 nitrogen and oxygen atoms in total. The molecule has 0 aromatic heterocycles. The molecule has 2 aromatic rings. The number of hydrogen-bond donors (Lipinski definition) is 2. The van der Waals surface area contributed by atoms with Crippen molar-refractivity contribution in [2.24, 2.45) is 10.4 Å². The second-order valence-electron chi connectivity index (χ2n) is 7.42. The summed E-state index contributed by atoms with van der Waals surface area (Å²) in [5.41, 5.74) is 3.64. The Balaban J connectivity index is 1.55. The van der Waals surface area contributed by atoms with Crippen LogP contribution in [0.3, 0.4) is 0 Å². The van der Waals surface area contributed by atoms with Gasteiger partial charge in [0.15, 0.2) is 0 Å². The van der Waals surface area contributed by atoms with Crippen molar-refractivity contribution in [3.05, 3.63) is 108 Å². The van der Waals surface area contributed by atoms with Crippen LogP contribution in [-0.2, 0) is 16.1 Å². The standard InChI is InChI=1S/C25H19N3O2/c29-23-20(19-8-4-5-9-22(19)28-23)15-25(12-10-21-18(14-25)11-13-26-21)24(30)27-16-17-6-2-1-3-7-17/h1-15H,16H2,(H,27,30)(H,28,29). The zero-order valence-electron chi connectivity index (χ0n) is 16.1. The number of carbonyl (C=O) groups is 2. The molecule has 0 spiro atoms. The van der Waals surface area contributed by atoms with E-state index in [-0.39, 0.29) is 11.8 Å². The third-order valence-electron chi connectivity index (χ3n) is 5.46. The van der Waals surface area contributed by atoms with Gasteiger partial charge in [0.2, 0.25) is 5.91 Å². The molecule has 2 aromatic carbocycles. The molecular weight excluding hydrogens is 374 g/mol. The zero-order chi connectivity index (χ0) is 20.6. The fourth-order valence-corrected chi connectivity index (χ4v) is 3.89. The Morgan fingerprint density at radius 3 is 2.73 bits per heavy atom. The Labute approximate surface area is 174 Å². The summed E-state index contributed by atoms with van der Waals surface area (Å²) in [5.74, 6) is -0.404. The Morgan fingerprint density at radius 1 is 1.07 bits per heavy atom. The van der Waals surface area contributed by atoms with Crippen molar-refractivity contribution in [1.82, 2.24) is 5.32 Å². The van der Waals surface area contributed by atoms with E-state index in [2.05, 4.69) is 15.6 Å². The molecule has 5 heteroatoms. The molecule has 1 unspecified atom stereocenters. The maximum atomic E-state index is 13.4. The van der Waals surface area contributed by atoms with Gasteiger partial charge in [-0.05, 0) is 35.4 Å². The minimum Gasteiger partial charge on any atom is -0.351 e. The van der Waals surface area contributed by atoms with Crippen LogP contribution in [0.25, 0.3) is 5.57 Å². The SMILES string of the molecule is O=C1Nc2ccccc2C1=CC1(C(=O)NCc2ccccc2)C=CC2=NC=CC2=C1. The zero-order valence-corrected chi connectivity index (χ0v) is 16.1. The van der Waals surface area contributed by atoms with Gasteiger partial charge in [0, 0.05) is 29.6 Å². The lowest BCUT2D eigenvalue weighted by molar-refractivity contribution is -0.125. The van der Waals surface area contributed by atoms with E-state index < -0.39 is 5.41 Å². The van der Waals surface area contributed by atoms with Gasteiger partial charge in [-0.3, -0.25) is 14.6 Å². The van der Waals surface area contributed by atoms with Gasteiger partial charge in [-0.25, -0.2) is 0 Å². The third kappa shape index (κ3) is 3.10. The van der Waals surface area contributed by atoms with Crippen LogP contribution in [-0.4, -0.2) is 17.5 Å². The average molecular weight is 393 g/mol. The molecule has 2 N–H and O–H groups in total. The van der Waals surface area contributed by atoms with Crippen LogP contribution in [0.1, 0.15) is 11.1 Å². The van der Waals surface area contributed by atoms with Gasteiger partial charge < -0.3 is 10.6 Å². The first-order valence-electron chi connectivity index (χ1n) is 9.77. The normalized spacial score (nSPS) is 22.3. The van der Waals surface area contributed by atoms with Crippen LogP contribution < -0.4 is 10.6 Å². The Kier molecular flexibility index (Phi) is 4.29. The number of para-hydroxylation sites is 1. The monoisotopic (exact) mass is 393 g/mol. The van der Waals surface area contributed by atoms with Gasteiger partial charge in [0.25, 0.3) is 5.91 Å². The number of nitrogens with zero attached hydrogens (tertiary/aromatic N) is 1. The van der Waals surface area contributed by atoms with Gasteiger partial charge >= 0.3 is 0 Å². The number of amides is 2. The van der Waals surface area contributed by atoms with Gasteiger partial charge in [0.1, 0.15) is 5.41 Å². The predicted octanol–water partition coefficient (Wildman–Crippen LogP) is 3.79. The quantitative estimate of drug-likeness (QED) is 0.776. The Morgan fingerprint density at radius 2 is 1.87 bits per heavy atom. The summed E-state index contributed by atoms with van der Waals surface area (Å²) in [6.07, 6.45) is 10.9. The molecule has 0 saturated carbocycles. The Bertz CT molecular complexity index is 1200. The lowest BCUT2D eigenvalue weighted by Crippen LogP contribution is -2.39. The summed E-state index contributed by atoms with van der Waals surface area (Å²) in [6, 6.07) is 17.2. The number of benzene rings is 2. The molecule has 30 heavy (non-hydrogen) atoms. The summed E-state index contributed by atoms with van der Waals surface area (Å²) < 4.78 is 0. The summed E-state index contributed by atoms with van der Waals surface area (Å²) in [5, 5.41) is 5.90. The fourth-order valence-electron chi connectivity index (χ4n) is 3.89. The molecule has 0 fully saturated rings. The second-order valence-corrected chi connectivity index (χ2v) is 7.42. The molecular formula is C25H19N3O2. The third-order valence-corrected chi connectivity index (χ3v) is 5.46. The summed E-state index contributed by atoms with van der Waals surface area (Å²) in [6.45, 7) is 0.404. The van der Waals surface area contributed by atoms with Crippen LogP contribution in [0.15, 0.2) is 102 Å². The van der Waals surface area contributed by atoms with Crippen LogP contribution >= 0.6 is 0 Å². The number of carbonyl (C=O) groups excluding carboxylic acids is 2. The molecule has 2 heterocycles. The fraction of sp³-hybridized carbons (Fsp3) is 0.0800. The highest BCUT2D eigenvalue weighted by Crippen LogP contribution is 2.39. The van der Waals surface area contributed by atoms with Crippen molar-refractivity contribution >= 4 is 28.8 Å². The lowest BCUT2D eigenvalue weighted by atomic mass is 9.78. The van der Waals surface area contributed by atoms with E-state index in [0.717, 1.165) is 28.1 Å². The van der Waals surface area contributed by atoms with E-state index in [0.29, 0.717) is 12.1 Å². The van der Waals surface area contributed by atoms with Crippen LogP contribution in [0.2, 0.25) is 0 Å². The maximum absolute atomic E-state index is 13.4. The van der Waals surface area contributed by atoms with Crippen LogP contribution in [0.4, 0.5) is 5.69 Å². The first-order valence-corrected chi connectivity index (χ1v) is 9.77. The van der Waals surface area contributed by atoms with Gasteiger partial charge in [-0.2, -0.15) is 0 Å². The van der Waals surface area contributed by atoms with Crippen molar-refractivity contribution in [1.29, 1.82) is 0 Å². The van der Waals surface area contributed by atoms with Crippen LogP contribution in [0, 0.1) is 5.41 Å². The number of hydrogen-bond acceptors (Lipinski definition) is 3. The minimum atomic E-state index is -1.10. The molecule has 2 aliphatic heterocycles. The average Bonchev–Trinajstić information content (AvgIpc) is 3.36. The number of fused-ring (bicyclic) bond motifs is 2. The summed E-state index contributed by atoms with van der Waals surface area (Å²) >= 11 is 0. The Hall–Kier alpha value is -3.99. The van der Waals surface area contributed by atoms with Crippen molar-refractivity contribution in [3.8, 4) is 0 Å². The first kappa shape index (κ1) is 18.1. The summed E-state index contributed by atoms with van der Waals surface area (Å²) in [7, 11) is 0. The second kappa shape index (κ2) is 7.12. The largest absolute Gasteiger partial charge is 0.351 e. The number of anilines is 1. The van der Waals surface area contributed by atoms with Crippen LogP contribution in [0.5, 0.6) is 0 Å². The van der Waals surface area contributed by atoms with E-state index in [1.165, 1.54) is 0 Å². The molecule has 0 bridgehead atoms. The van der Waals surface area contributed by atoms with Gasteiger partial charge in [0.05, 0.1) is 5.71 Å². The molecule has 0 saturated heterocycles. The van der Waals surface area contributed by atoms with Crippen molar-refractivity contribution in [2.45, 2.75) is 6.54 Å². The van der Waals surface area contributed by atoms with Crippen molar-refractivity contribution < 1.29 is 9.59 Å². The first-order chi connectivity index (χ1) is 14.6. The van der Waals surface area contributed by atoms with Crippen molar-refractivity contribution in [3.63, 3.8) is 0 Å². The topological polar surface area (TPSA) is 70.6 Å². The molecule has 1 aliphatic carbocycles.